The summed E-state index contributed by atoms with van der Waals surface area (Å²) in [6.07, 6.45) is 0.425. The number of nitrogens with two attached hydrogens (primary N) is 1. The average molecular weight is 224 g/mol. The van der Waals surface area contributed by atoms with Crippen molar-refractivity contribution in [1.29, 1.82) is 0 Å². The fraction of sp³-hybridized carbons (Fsp3) is 0.273. The van der Waals surface area contributed by atoms with Gasteiger partial charge in [-0.25, -0.2) is 0 Å². The van der Waals surface area contributed by atoms with Gasteiger partial charge in [-0.1, -0.05) is 30.3 Å². The molecule has 15 heavy (non-hydrogen) atoms. The molecule has 1 saturated carbocycles. The first-order chi connectivity index (χ1) is 7.09. The predicted octanol–water partition coefficient (Wildman–Crippen LogP) is 1.41. The van der Waals surface area contributed by atoms with Crippen molar-refractivity contribution >= 4 is 22.8 Å². The van der Waals surface area contributed by atoms with E-state index in [-0.39, 0.29) is 5.92 Å². The Hall–Kier alpha value is -1.35. The number of amides is 1. The van der Waals surface area contributed by atoms with E-state index in [9.17, 15) is 9.59 Å². The molecule has 2 atom stereocenters. The minimum absolute atomic E-state index is 0.152. The van der Waals surface area contributed by atoms with Gasteiger partial charge in [-0.3, -0.25) is 9.59 Å². The molecule has 2 unspecified atom stereocenters. The second-order valence-electron chi connectivity index (χ2n) is 3.78. The maximum absolute atomic E-state index is 11.2. The summed E-state index contributed by atoms with van der Waals surface area (Å²) in [4.78, 5) is 22.4. The van der Waals surface area contributed by atoms with E-state index < -0.39 is 16.6 Å². The Bertz CT molecular complexity index is 402. The number of halogens is 1. The highest BCUT2D eigenvalue weighted by Crippen LogP contribution is 2.60. The number of rotatable bonds is 3. The standard InChI is InChI=1S/C11H10ClNO2/c12-9(14)11(10(13)15)6-8(11)7-4-2-1-3-5-7/h1-5,8H,6H2,(H2,13,15). The Morgan fingerprint density at radius 1 is 1.33 bits per heavy atom. The molecular weight excluding hydrogens is 214 g/mol. The quantitative estimate of drug-likeness (QED) is 0.622. The molecule has 3 nitrogen and oxygen atoms in total. The predicted molar refractivity (Wildman–Crippen MR) is 56.3 cm³/mol. The van der Waals surface area contributed by atoms with Crippen LogP contribution in [0.2, 0.25) is 0 Å². The molecular formula is C11H10ClNO2. The molecule has 0 bridgehead atoms. The van der Waals surface area contributed by atoms with E-state index in [1.165, 1.54) is 0 Å². The van der Waals surface area contributed by atoms with Crippen LogP contribution in [-0.4, -0.2) is 11.1 Å². The van der Waals surface area contributed by atoms with Crippen LogP contribution in [0.3, 0.4) is 0 Å². The Balaban J connectivity index is 2.31. The smallest absolute Gasteiger partial charge is 0.237 e. The van der Waals surface area contributed by atoms with E-state index in [2.05, 4.69) is 0 Å². The highest BCUT2D eigenvalue weighted by atomic mass is 35.5. The van der Waals surface area contributed by atoms with Gasteiger partial charge in [0.15, 0.2) is 0 Å². The summed E-state index contributed by atoms with van der Waals surface area (Å²) in [5.74, 6) is -0.780. The molecule has 78 valence electrons. The zero-order valence-electron chi connectivity index (χ0n) is 7.94. The molecule has 1 aromatic carbocycles. The highest BCUT2D eigenvalue weighted by Gasteiger charge is 2.64. The normalized spacial score (nSPS) is 28.5. The number of hydrogen-bond donors (Lipinski definition) is 1. The van der Waals surface area contributed by atoms with Gasteiger partial charge >= 0.3 is 0 Å². The largest absolute Gasteiger partial charge is 0.369 e. The summed E-state index contributed by atoms with van der Waals surface area (Å²) in [7, 11) is 0. The van der Waals surface area contributed by atoms with E-state index in [1.807, 2.05) is 30.3 Å². The van der Waals surface area contributed by atoms with Crippen molar-refractivity contribution < 1.29 is 9.59 Å². The minimum Gasteiger partial charge on any atom is -0.369 e. The zero-order valence-corrected chi connectivity index (χ0v) is 8.70. The molecule has 2 rings (SSSR count). The van der Waals surface area contributed by atoms with E-state index >= 15 is 0 Å². The molecule has 4 heteroatoms. The molecule has 1 aliphatic carbocycles. The SMILES string of the molecule is NC(=O)C1(C(=O)Cl)CC1c1ccccc1. The van der Waals surface area contributed by atoms with Gasteiger partial charge in [-0.05, 0) is 23.6 Å². The average Bonchev–Trinajstić information content (AvgIpc) is 2.95. The highest BCUT2D eigenvalue weighted by molar-refractivity contribution is 6.67. The summed E-state index contributed by atoms with van der Waals surface area (Å²) in [5.41, 5.74) is 4.99. The molecule has 0 aliphatic heterocycles. The molecule has 0 radical (unpaired) electrons. The van der Waals surface area contributed by atoms with Gasteiger partial charge in [0, 0.05) is 5.92 Å². The van der Waals surface area contributed by atoms with Crippen LogP contribution in [0, 0.1) is 5.41 Å². The van der Waals surface area contributed by atoms with Crippen LogP contribution < -0.4 is 5.73 Å². The molecule has 1 fully saturated rings. The lowest BCUT2D eigenvalue weighted by Crippen LogP contribution is -2.31. The second kappa shape index (κ2) is 3.35. The van der Waals surface area contributed by atoms with Crippen LogP contribution in [0.15, 0.2) is 30.3 Å². The number of primary amides is 1. The lowest BCUT2D eigenvalue weighted by molar-refractivity contribution is -0.130. The van der Waals surface area contributed by atoms with E-state index in [0.29, 0.717) is 6.42 Å². The molecule has 0 saturated heterocycles. The fourth-order valence-electron chi connectivity index (χ4n) is 1.94. The Morgan fingerprint density at radius 2 is 1.93 bits per heavy atom. The number of carbonyl (C=O) groups excluding carboxylic acids is 2. The van der Waals surface area contributed by atoms with Crippen molar-refractivity contribution in [2.75, 3.05) is 0 Å². The van der Waals surface area contributed by atoms with E-state index in [1.54, 1.807) is 0 Å². The molecule has 0 spiro atoms. The van der Waals surface area contributed by atoms with E-state index in [0.717, 1.165) is 5.56 Å². The van der Waals surface area contributed by atoms with Crippen LogP contribution in [0.1, 0.15) is 17.9 Å². The van der Waals surface area contributed by atoms with Crippen molar-refractivity contribution in [3.63, 3.8) is 0 Å². The third kappa shape index (κ3) is 1.43. The van der Waals surface area contributed by atoms with Crippen LogP contribution in [0.25, 0.3) is 0 Å². The Kier molecular flexibility index (Phi) is 2.27. The lowest BCUT2D eigenvalue weighted by atomic mass is 10.00. The van der Waals surface area contributed by atoms with Gasteiger partial charge in [-0.2, -0.15) is 0 Å². The van der Waals surface area contributed by atoms with Crippen LogP contribution in [0.4, 0.5) is 0 Å². The van der Waals surface area contributed by atoms with Crippen LogP contribution in [-0.2, 0) is 9.59 Å². The van der Waals surface area contributed by atoms with Crippen molar-refractivity contribution in [1.82, 2.24) is 0 Å². The Labute approximate surface area is 92.2 Å². The third-order valence-corrected chi connectivity index (χ3v) is 3.29. The van der Waals surface area contributed by atoms with Crippen molar-refractivity contribution in [2.45, 2.75) is 12.3 Å². The van der Waals surface area contributed by atoms with Crippen LogP contribution >= 0.6 is 11.6 Å². The van der Waals surface area contributed by atoms with Gasteiger partial charge in [0.25, 0.3) is 0 Å². The number of carbonyl (C=O) groups is 2. The summed E-state index contributed by atoms with van der Waals surface area (Å²) in [6.45, 7) is 0. The topological polar surface area (TPSA) is 60.2 Å². The summed E-state index contributed by atoms with van der Waals surface area (Å²) >= 11 is 5.43. The first-order valence-electron chi connectivity index (χ1n) is 4.64. The summed E-state index contributed by atoms with van der Waals surface area (Å²) < 4.78 is 0. The first kappa shape index (κ1) is 10.2. The molecule has 1 aliphatic rings. The maximum Gasteiger partial charge on any atom is 0.237 e. The molecule has 0 heterocycles. The fourth-order valence-corrected chi connectivity index (χ4v) is 2.24. The van der Waals surface area contributed by atoms with Crippen molar-refractivity contribution in [2.24, 2.45) is 11.1 Å². The van der Waals surface area contributed by atoms with Crippen LogP contribution in [0.5, 0.6) is 0 Å². The van der Waals surface area contributed by atoms with Crippen molar-refractivity contribution in [3.8, 4) is 0 Å². The zero-order chi connectivity index (χ0) is 11.1. The number of benzene rings is 1. The molecule has 1 amide bonds. The molecule has 1 aromatic rings. The first-order valence-corrected chi connectivity index (χ1v) is 5.01. The van der Waals surface area contributed by atoms with Gasteiger partial charge in [-0.15, -0.1) is 0 Å². The van der Waals surface area contributed by atoms with Gasteiger partial charge < -0.3 is 5.73 Å². The second-order valence-corrected chi connectivity index (χ2v) is 4.12. The van der Waals surface area contributed by atoms with Gasteiger partial charge in [0.1, 0.15) is 5.41 Å². The van der Waals surface area contributed by atoms with Gasteiger partial charge in [0.2, 0.25) is 11.1 Å². The minimum atomic E-state index is -1.16. The molecule has 2 N–H and O–H groups in total. The maximum atomic E-state index is 11.2. The van der Waals surface area contributed by atoms with Gasteiger partial charge in [0.05, 0.1) is 0 Å². The van der Waals surface area contributed by atoms with Crippen molar-refractivity contribution in [3.05, 3.63) is 35.9 Å². The summed E-state index contributed by atoms with van der Waals surface area (Å²) in [5, 5.41) is -0.649. The summed E-state index contributed by atoms with van der Waals surface area (Å²) in [6, 6.07) is 9.33. The van der Waals surface area contributed by atoms with E-state index in [4.69, 9.17) is 17.3 Å². The molecule has 0 aromatic heterocycles. The third-order valence-electron chi connectivity index (χ3n) is 2.95. The lowest BCUT2D eigenvalue weighted by Gasteiger charge is -2.07. The number of hydrogen-bond acceptors (Lipinski definition) is 2. The monoisotopic (exact) mass is 223 g/mol. The Morgan fingerprint density at radius 3 is 2.33 bits per heavy atom.